The number of nitrogens with zero attached hydrogens (tertiary/aromatic N) is 3. The Hall–Kier alpha value is -2.67. The number of thioether (sulfide) groups is 1. The van der Waals surface area contributed by atoms with Crippen molar-refractivity contribution in [3.63, 3.8) is 0 Å². The van der Waals surface area contributed by atoms with E-state index in [0.29, 0.717) is 29.7 Å². The van der Waals surface area contributed by atoms with E-state index in [1.807, 2.05) is 36.4 Å². The summed E-state index contributed by atoms with van der Waals surface area (Å²) in [5.74, 6) is 1.12. The molecule has 0 saturated carbocycles. The fourth-order valence-corrected chi connectivity index (χ4v) is 3.18. The number of hydrogen-bond donors (Lipinski definition) is 1. The smallest absolute Gasteiger partial charge is 0.277 e. The predicted octanol–water partition coefficient (Wildman–Crippen LogP) is 1.84. The fraction of sp³-hybridized carbons (Fsp3) is 0.222. The topological polar surface area (TPSA) is 76.9 Å². The van der Waals surface area contributed by atoms with Crippen LogP contribution in [0.15, 0.2) is 59.4 Å². The zero-order chi connectivity index (χ0) is 17.5. The van der Waals surface area contributed by atoms with Gasteiger partial charge in [0.25, 0.3) is 5.56 Å². The number of hydrogen-bond acceptors (Lipinski definition) is 5. The number of benzene rings is 2. The molecule has 25 heavy (non-hydrogen) atoms. The van der Waals surface area contributed by atoms with E-state index in [9.17, 15) is 9.59 Å². The monoisotopic (exact) mass is 354 g/mol. The lowest BCUT2D eigenvalue weighted by atomic mass is 10.2. The highest BCUT2D eigenvalue weighted by molar-refractivity contribution is 7.99. The Labute approximate surface area is 149 Å². The number of aromatic nitrogens is 3. The molecule has 0 fully saturated rings. The zero-order valence-electron chi connectivity index (χ0n) is 13.6. The maximum Gasteiger partial charge on any atom is 0.277 e. The molecule has 0 bridgehead atoms. The van der Waals surface area contributed by atoms with E-state index in [0.717, 1.165) is 5.75 Å². The molecule has 0 atom stereocenters. The molecule has 0 spiro atoms. The number of fused-ring (bicyclic) bond motifs is 1. The SMILES string of the molecule is O=C(CSCc1ccccc1)NCCn1nnc2ccccc2c1=O. The summed E-state index contributed by atoms with van der Waals surface area (Å²) in [6.45, 7) is 0.642. The van der Waals surface area contributed by atoms with Gasteiger partial charge in [-0.15, -0.1) is 16.9 Å². The van der Waals surface area contributed by atoms with E-state index in [2.05, 4.69) is 15.6 Å². The Balaban J connectivity index is 1.45. The first-order valence-corrected chi connectivity index (χ1v) is 9.10. The minimum Gasteiger partial charge on any atom is -0.354 e. The van der Waals surface area contributed by atoms with Gasteiger partial charge in [0.15, 0.2) is 0 Å². The normalized spacial score (nSPS) is 10.7. The lowest BCUT2D eigenvalue weighted by Crippen LogP contribution is -2.33. The molecule has 6 nitrogen and oxygen atoms in total. The Morgan fingerprint density at radius 2 is 1.84 bits per heavy atom. The standard InChI is InChI=1S/C18H18N4O2S/c23-17(13-25-12-14-6-2-1-3-7-14)19-10-11-22-18(24)15-8-4-5-9-16(15)20-21-22/h1-9H,10-13H2,(H,19,23). The second-order valence-electron chi connectivity index (χ2n) is 5.46. The van der Waals surface area contributed by atoms with E-state index >= 15 is 0 Å². The second kappa shape index (κ2) is 8.43. The van der Waals surface area contributed by atoms with Crippen molar-refractivity contribution in [2.45, 2.75) is 12.3 Å². The van der Waals surface area contributed by atoms with Gasteiger partial charge in [-0.05, 0) is 17.7 Å². The van der Waals surface area contributed by atoms with Crippen LogP contribution in [0.1, 0.15) is 5.56 Å². The summed E-state index contributed by atoms with van der Waals surface area (Å²) in [5.41, 5.74) is 1.57. The van der Waals surface area contributed by atoms with Crippen LogP contribution in [0.4, 0.5) is 0 Å². The minimum absolute atomic E-state index is 0.0530. The predicted molar refractivity (Wildman–Crippen MR) is 99.4 cm³/mol. The van der Waals surface area contributed by atoms with Crippen LogP contribution in [0.5, 0.6) is 0 Å². The van der Waals surface area contributed by atoms with Gasteiger partial charge in [-0.2, -0.15) is 0 Å². The van der Waals surface area contributed by atoms with Crippen molar-refractivity contribution in [2.24, 2.45) is 0 Å². The molecule has 1 heterocycles. The Morgan fingerprint density at radius 1 is 1.08 bits per heavy atom. The quantitative estimate of drug-likeness (QED) is 0.701. The van der Waals surface area contributed by atoms with Crippen LogP contribution < -0.4 is 10.9 Å². The van der Waals surface area contributed by atoms with Crippen molar-refractivity contribution in [3.05, 3.63) is 70.5 Å². The van der Waals surface area contributed by atoms with Crippen molar-refractivity contribution in [3.8, 4) is 0 Å². The lowest BCUT2D eigenvalue weighted by Gasteiger charge is -2.07. The first kappa shape index (κ1) is 17.2. The molecule has 0 aliphatic heterocycles. The molecule has 0 radical (unpaired) electrons. The Morgan fingerprint density at radius 3 is 2.68 bits per heavy atom. The minimum atomic E-state index is -0.196. The van der Waals surface area contributed by atoms with Crippen LogP contribution >= 0.6 is 11.8 Å². The van der Waals surface area contributed by atoms with Crippen LogP contribution in [0.25, 0.3) is 10.9 Å². The highest BCUT2D eigenvalue weighted by Gasteiger charge is 2.06. The van der Waals surface area contributed by atoms with Crippen molar-refractivity contribution < 1.29 is 4.79 Å². The van der Waals surface area contributed by atoms with E-state index in [-0.39, 0.29) is 11.5 Å². The third-order valence-electron chi connectivity index (χ3n) is 3.62. The maximum atomic E-state index is 12.3. The molecule has 0 aliphatic carbocycles. The van der Waals surface area contributed by atoms with Crippen LogP contribution in [0.3, 0.4) is 0 Å². The van der Waals surface area contributed by atoms with Gasteiger partial charge in [-0.1, -0.05) is 47.7 Å². The van der Waals surface area contributed by atoms with Crippen molar-refractivity contribution >= 4 is 28.6 Å². The largest absolute Gasteiger partial charge is 0.354 e. The van der Waals surface area contributed by atoms with Gasteiger partial charge in [-0.25, -0.2) is 4.68 Å². The van der Waals surface area contributed by atoms with Gasteiger partial charge in [0.1, 0.15) is 5.52 Å². The Kier molecular flexibility index (Phi) is 5.79. The summed E-state index contributed by atoms with van der Waals surface area (Å²) in [6, 6.07) is 17.1. The summed E-state index contributed by atoms with van der Waals surface area (Å²) in [4.78, 5) is 24.1. The highest BCUT2D eigenvalue weighted by Crippen LogP contribution is 2.10. The van der Waals surface area contributed by atoms with E-state index in [4.69, 9.17) is 0 Å². The summed E-state index contributed by atoms with van der Waals surface area (Å²) in [5, 5.41) is 11.3. The third-order valence-corrected chi connectivity index (χ3v) is 4.62. The Bertz CT molecular complexity index is 912. The molecular formula is C18H18N4O2S. The molecule has 1 aromatic heterocycles. The van der Waals surface area contributed by atoms with E-state index in [1.54, 1.807) is 30.0 Å². The number of amides is 1. The average Bonchev–Trinajstić information content (AvgIpc) is 2.65. The second-order valence-corrected chi connectivity index (χ2v) is 6.45. The molecular weight excluding hydrogens is 336 g/mol. The van der Waals surface area contributed by atoms with E-state index < -0.39 is 0 Å². The summed E-state index contributed by atoms with van der Waals surface area (Å²) >= 11 is 1.56. The first-order chi connectivity index (χ1) is 12.2. The van der Waals surface area contributed by atoms with Crippen molar-refractivity contribution in [2.75, 3.05) is 12.3 Å². The first-order valence-electron chi connectivity index (χ1n) is 7.95. The van der Waals surface area contributed by atoms with Crippen molar-refractivity contribution in [1.82, 2.24) is 20.3 Å². The van der Waals surface area contributed by atoms with Gasteiger partial charge in [-0.3, -0.25) is 9.59 Å². The summed E-state index contributed by atoms with van der Waals surface area (Å²) in [6.07, 6.45) is 0. The number of nitrogens with one attached hydrogen (secondary N) is 1. The van der Waals surface area contributed by atoms with Gasteiger partial charge >= 0.3 is 0 Å². The molecule has 0 aliphatic rings. The lowest BCUT2D eigenvalue weighted by molar-refractivity contribution is -0.118. The van der Waals surface area contributed by atoms with Gasteiger partial charge in [0, 0.05) is 12.3 Å². The molecule has 128 valence electrons. The maximum absolute atomic E-state index is 12.3. The fourth-order valence-electron chi connectivity index (χ4n) is 2.36. The van der Waals surface area contributed by atoms with Crippen LogP contribution in [-0.2, 0) is 17.1 Å². The molecule has 0 saturated heterocycles. The zero-order valence-corrected chi connectivity index (χ0v) is 14.4. The van der Waals surface area contributed by atoms with E-state index in [1.165, 1.54) is 10.2 Å². The molecule has 7 heteroatoms. The number of rotatable bonds is 7. The number of carbonyl (C=O) groups excluding carboxylic acids is 1. The third kappa shape index (κ3) is 4.67. The molecule has 2 aromatic carbocycles. The van der Waals surface area contributed by atoms with Crippen molar-refractivity contribution in [1.29, 1.82) is 0 Å². The van der Waals surface area contributed by atoms with Crippen LogP contribution in [0, 0.1) is 0 Å². The molecule has 3 rings (SSSR count). The molecule has 0 unspecified atom stereocenters. The van der Waals surface area contributed by atoms with Gasteiger partial charge < -0.3 is 5.32 Å². The van der Waals surface area contributed by atoms with Gasteiger partial charge in [0.2, 0.25) is 5.91 Å². The van der Waals surface area contributed by atoms with Gasteiger partial charge in [0.05, 0.1) is 17.7 Å². The average molecular weight is 354 g/mol. The molecule has 1 N–H and O–H groups in total. The summed E-state index contributed by atoms with van der Waals surface area (Å²) < 4.78 is 1.28. The number of carbonyl (C=O) groups is 1. The molecule has 3 aromatic rings. The van der Waals surface area contributed by atoms with Crippen LogP contribution in [0.2, 0.25) is 0 Å². The summed E-state index contributed by atoms with van der Waals surface area (Å²) in [7, 11) is 0. The van der Waals surface area contributed by atoms with Crippen LogP contribution in [-0.4, -0.2) is 33.2 Å². The highest BCUT2D eigenvalue weighted by atomic mass is 32.2. The molecule has 1 amide bonds.